The van der Waals surface area contributed by atoms with Crippen LogP contribution in [0, 0.1) is 17.8 Å². The van der Waals surface area contributed by atoms with Crippen LogP contribution in [0.2, 0.25) is 0 Å². The highest BCUT2D eigenvalue weighted by molar-refractivity contribution is 5.90. The smallest absolute Gasteiger partial charge is 0.311 e. The minimum absolute atomic E-state index is 0.0769. The summed E-state index contributed by atoms with van der Waals surface area (Å²) >= 11 is 0. The fourth-order valence-electron chi connectivity index (χ4n) is 8.99. The number of aliphatic hydroxyl groups is 5. The lowest BCUT2D eigenvalue weighted by Gasteiger charge is -2.47. The van der Waals surface area contributed by atoms with Crippen LogP contribution in [0.1, 0.15) is 119 Å². The minimum Gasteiger partial charge on any atom is -0.469 e. The van der Waals surface area contributed by atoms with Crippen LogP contribution in [-0.2, 0) is 39.9 Å². The molecule has 344 valence electrons. The molecule has 60 heavy (non-hydrogen) atoms. The molecule has 2 aliphatic heterocycles. The van der Waals surface area contributed by atoms with Gasteiger partial charge in [-0.1, -0.05) is 45.7 Å². The molecule has 1 aromatic rings. The number of methoxy groups -OCH3 is 1. The average Bonchev–Trinajstić information content (AvgIpc) is 3.19. The predicted octanol–water partition coefficient (Wildman–Crippen LogP) is 4.00. The Morgan fingerprint density at radius 2 is 1.58 bits per heavy atom. The number of aliphatic hydroxyl groups excluding tert-OH is 3. The maximum absolute atomic E-state index is 13.6. The number of unbranched alkanes of at least 4 members (excludes halogenated alkanes) is 3. The molecule has 2 fully saturated rings. The third kappa shape index (κ3) is 14.1. The monoisotopic (exact) mass is 852 g/mol. The van der Waals surface area contributed by atoms with Gasteiger partial charge in [0.25, 0.3) is 0 Å². The molecule has 3 rings (SSSR count). The van der Waals surface area contributed by atoms with Crippen LogP contribution in [0.25, 0.3) is 0 Å². The van der Waals surface area contributed by atoms with E-state index in [9.17, 15) is 39.9 Å². The van der Waals surface area contributed by atoms with Crippen LogP contribution in [0.4, 0.5) is 5.69 Å². The Morgan fingerprint density at radius 3 is 2.18 bits per heavy atom. The quantitative estimate of drug-likeness (QED) is 0.116. The lowest BCUT2D eigenvalue weighted by atomic mass is 9.78. The van der Waals surface area contributed by atoms with Crippen molar-refractivity contribution >= 4 is 23.5 Å². The summed E-state index contributed by atoms with van der Waals surface area (Å²) in [5.74, 6) is -3.18. The second-order valence-electron chi connectivity index (χ2n) is 18.3. The molecule has 1 amide bonds. The van der Waals surface area contributed by atoms with Crippen LogP contribution in [0.5, 0.6) is 0 Å². The first-order valence-corrected chi connectivity index (χ1v) is 21.9. The van der Waals surface area contributed by atoms with Crippen molar-refractivity contribution < 1.29 is 58.9 Å². The Hall–Kier alpha value is -2.73. The summed E-state index contributed by atoms with van der Waals surface area (Å²) in [5.41, 5.74) is -1.74. The van der Waals surface area contributed by atoms with Gasteiger partial charge in [-0.15, -0.1) is 0 Å². The van der Waals surface area contributed by atoms with Crippen LogP contribution in [0.15, 0.2) is 24.3 Å². The number of hydrogen-bond donors (Lipinski definition) is 6. The Labute approximate surface area is 358 Å². The molecule has 2 heterocycles. The Kier molecular flexibility index (Phi) is 19.9. The van der Waals surface area contributed by atoms with Gasteiger partial charge >= 0.3 is 11.9 Å². The van der Waals surface area contributed by atoms with Gasteiger partial charge in [0.1, 0.15) is 23.9 Å². The minimum atomic E-state index is -1.79. The summed E-state index contributed by atoms with van der Waals surface area (Å²) in [6, 6.07) is 6.59. The fourth-order valence-corrected chi connectivity index (χ4v) is 8.99. The van der Waals surface area contributed by atoms with E-state index in [2.05, 4.69) is 10.1 Å². The number of carbonyl (C=O) groups is 3. The Bertz CT molecular complexity index is 1490. The van der Waals surface area contributed by atoms with Gasteiger partial charge in [0.05, 0.1) is 36.9 Å². The predicted molar refractivity (Wildman–Crippen MR) is 228 cm³/mol. The van der Waals surface area contributed by atoms with Gasteiger partial charge in [-0.2, -0.15) is 0 Å². The molecule has 0 unspecified atom stereocenters. The number of likely N-dealkylation sites (N-methyl/N-ethyl adjacent to an activating group) is 2. The molecule has 15 nitrogen and oxygen atoms in total. The standard InChI is InChI=1S/C45H77N3O12/c1-12-35-45(8,56)40(53)31(6)47(9)25-27(2)24-44(7,55)41(29(4)38(51)30(5)42(54)59-35)60-43-39(52)34(23-28(3)58-43)48(10)26-32-19-21-33(22-20-32)46-36(49)17-15-13-14-16-18-37(50)57-11/h19-22,27-31,34-35,38-41,43,51-53,55-56H,12-18,23-26H2,1-11H3,(H,46,49)/t27-,28-,29+,30-,31-,34+,35-,38+,39-,40-,41-,43+,44-,45-/m1/s1. The largest absolute Gasteiger partial charge is 0.469 e. The van der Waals surface area contributed by atoms with Crippen molar-refractivity contribution in [2.45, 2.75) is 186 Å². The molecule has 0 bridgehead atoms. The molecule has 15 heteroatoms. The molecule has 14 atom stereocenters. The third-order valence-electron chi connectivity index (χ3n) is 12.8. The highest BCUT2D eigenvalue weighted by Crippen LogP contribution is 2.37. The SMILES string of the molecule is CC[C@H]1OC(=O)[C@H](C)[C@@H](O)[C@H](C)[C@@H](O[C@@H]2O[C@H](C)C[C@H](N(C)Cc3ccc(NC(=O)CCCCCCC(=O)OC)cc3)[C@H]2O)[C@](C)(O)C[C@@H](C)CN(C)[C@H](C)[C@@H](O)[C@]1(C)O. The first-order valence-electron chi connectivity index (χ1n) is 21.9. The van der Waals surface area contributed by atoms with Crippen LogP contribution >= 0.6 is 0 Å². The first kappa shape index (κ1) is 51.6. The topological polar surface area (TPSA) is 208 Å². The number of ether oxygens (including phenoxy) is 4. The first-order chi connectivity index (χ1) is 28.0. The van der Waals surface area contributed by atoms with E-state index >= 15 is 0 Å². The van der Waals surface area contributed by atoms with E-state index < -0.39 is 77.9 Å². The maximum Gasteiger partial charge on any atom is 0.311 e. The molecule has 1 aromatic carbocycles. The molecule has 6 N–H and O–H groups in total. The molecule has 0 spiro atoms. The van der Waals surface area contributed by atoms with Crippen molar-refractivity contribution in [3.05, 3.63) is 29.8 Å². The molecule has 2 saturated heterocycles. The zero-order valence-corrected chi connectivity index (χ0v) is 38.0. The van der Waals surface area contributed by atoms with Gasteiger partial charge in [0, 0.05) is 49.6 Å². The number of nitrogens with zero attached hydrogens (tertiary/aromatic N) is 2. The number of esters is 2. The molecular formula is C45H77N3O12. The molecule has 0 aliphatic carbocycles. The van der Waals surface area contributed by atoms with E-state index in [-0.39, 0.29) is 36.7 Å². The van der Waals surface area contributed by atoms with Crippen molar-refractivity contribution in [3.63, 3.8) is 0 Å². The highest BCUT2D eigenvalue weighted by Gasteiger charge is 2.50. The van der Waals surface area contributed by atoms with Crippen molar-refractivity contribution in [1.82, 2.24) is 9.80 Å². The van der Waals surface area contributed by atoms with E-state index in [0.29, 0.717) is 38.0 Å². The fraction of sp³-hybridized carbons (Fsp3) is 0.800. The van der Waals surface area contributed by atoms with Crippen LogP contribution < -0.4 is 5.32 Å². The van der Waals surface area contributed by atoms with Crippen LogP contribution in [0.3, 0.4) is 0 Å². The van der Waals surface area contributed by atoms with E-state index in [0.717, 1.165) is 31.2 Å². The van der Waals surface area contributed by atoms with Crippen molar-refractivity contribution in [1.29, 1.82) is 0 Å². The summed E-state index contributed by atoms with van der Waals surface area (Å²) in [5, 5.41) is 61.6. The van der Waals surface area contributed by atoms with E-state index in [4.69, 9.17) is 14.2 Å². The van der Waals surface area contributed by atoms with Gasteiger partial charge in [-0.25, -0.2) is 0 Å². The molecule has 0 aromatic heterocycles. The second-order valence-corrected chi connectivity index (χ2v) is 18.3. The van der Waals surface area contributed by atoms with Gasteiger partial charge in [0.15, 0.2) is 6.29 Å². The number of amides is 1. The molecule has 0 saturated carbocycles. The van der Waals surface area contributed by atoms with Crippen LogP contribution in [-0.4, -0.2) is 147 Å². The Morgan fingerprint density at radius 1 is 0.967 bits per heavy atom. The summed E-state index contributed by atoms with van der Waals surface area (Å²) in [6.45, 7) is 14.6. The number of carbonyl (C=O) groups excluding carboxylic acids is 3. The molecule has 2 aliphatic rings. The second kappa shape index (κ2) is 23.1. The zero-order chi connectivity index (χ0) is 45.1. The zero-order valence-electron chi connectivity index (χ0n) is 38.0. The van der Waals surface area contributed by atoms with Gasteiger partial charge in [-0.3, -0.25) is 19.3 Å². The van der Waals surface area contributed by atoms with Gasteiger partial charge < -0.3 is 54.7 Å². The maximum atomic E-state index is 13.6. The summed E-state index contributed by atoms with van der Waals surface area (Å²) in [6.07, 6.45) is -2.63. The number of anilines is 1. The number of benzene rings is 1. The lowest BCUT2D eigenvalue weighted by Crippen LogP contribution is -2.59. The average molecular weight is 852 g/mol. The summed E-state index contributed by atoms with van der Waals surface area (Å²) < 4.78 is 23.3. The number of nitrogens with one attached hydrogen (secondary N) is 1. The molecular weight excluding hydrogens is 775 g/mol. The Balaban J connectivity index is 1.75. The van der Waals surface area contributed by atoms with E-state index in [1.165, 1.54) is 21.0 Å². The number of hydrogen-bond acceptors (Lipinski definition) is 14. The summed E-state index contributed by atoms with van der Waals surface area (Å²) in [7, 11) is 5.10. The van der Waals surface area contributed by atoms with Gasteiger partial charge in [0.2, 0.25) is 5.91 Å². The van der Waals surface area contributed by atoms with Crippen molar-refractivity contribution in [2.24, 2.45) is 17.8 Å². The van der Waals surface area contributed by atoms with Crippen molar-refractivity contribution in [2.75, 3.05) is 33.1 Å². The third-order valence-corrected chi connectivity index (χ3v) is 12.8. The highest BCUT2D eigenvalue weighted by atomic mass is 16.7. The summed E-state index contributed by atoms with van der Waals surface area (Å²) in [4.78, 5) is 41.3. The van der Waals surface area contributed by atoms with Crippen molar-refractivity contribution in [3.8, 4) is 0 Å². The number of cyclic esters (lactones) is 1. The van der Waals surface area contributed by atoms with E-state index in [1.807, 2.05) is 62.0 Å². The lowest BCUT2D eigenvalue weighted by molar-refractivity contribution is -0.300. The number of rotatable bonds is 14. The normalized spacial score (nSPS) is 36.5. The van der Waals surface area contributed by atoms with E-state index in [1.54, 1.807) is 27.7 Å². The van der Waals surface area contributed by atoms with Gasteiger partial charge in [-0.05, 0) is 104 Å². The molecule has 0 radical (unpaired) electrons.